The third-order valence-electron chi connectivity index (χ3n) is 8.03. The number of fused-ring (bicyclic) bond motifs is 5. The molecular weight excluding hydrogens is 372 g/mol. The predicted octanol–water partition coefficient (Wildman–Crippen LogP) is 5.82. The van der Waals surface area contributed by atoms with Gasteiger partial charge in [-0.1, -0.05) is 25.1 Å². The van der Waals surface area contributed by atoms with Gasteiger partial charge in [-0.05, 0) is 102 Å². The molecular formula is C27H30O3. The number of hydrogen-bond donors (Lipinski definition) is 0. The maximum atomic E-state index is 13.5. The zero-order valence-electron chi connectivity index (χ0n) is 18.1. The number of carbonyl (C=O) groups is 1. The molecule has 0 amide bonds. The fourth-order valence-corrected chi connectivity index (χ4v) is 6.39. The zero-order chi connectivity index (χ0) is 20.9. The first kappa shape index (κ1) is 19.4. The first-order chi connectivity index (χ1) is 14.5. The summed E-state index contributed by atoms with van der Waals surface area (Å²) in [5.41, 5.74) is 4.82. The lowest BCUT2D eigenvalue weighted by molar-refractivity contribution is -0.127. The number of ether oxygens (including phenoxy) is 2. The summed E-state index contributed by atoms with van der Waals surface area (Å²) in [6, 6.07) is 14.6. The van der Waals surface area contributed by atoms with Gasteiger partial charge in [-0.3, -0.25) is 4.79 Å². The fraction of sp³-hybridized carbons (Fsp3) is 0.444. The molecule has 2 saturated carbocycles. The van der Waals surface area contributed by atoms with Crippen LogP contribution in [0.4, 0.5) is 0 Å². The molecule has 0 heterocycles. The lowest BCUT2D eigenvalue weighted by Crippen LogP contribution is -2.42. The van der Waals surface area contributed by atoms with E-state index >= 15 is 0 Å². The van der Waals surface area contributed by atoms with E-state index in [1.165, 1.54) is 17.5 Å². The molecule has 2 aromatic carbocycles. The summed E-state index contributed by atoms with van der Waals surface area (Å²) in [4.78, 5) is 13.5. The lowest BCUT2D eigenvalue weighted by atomic mass is 9.55. The Bertz CT molecular complexity index is 1000. The van der Waals surface area contributed by atoms with E-state index in [9.17, 15) is 4.79 Å². The number of ketones is 1. The lowest BCUT2D eigenvalue weighted by Gasteiger charge is -2.48. The molecule has 3 heteroatoms. The molecule has 5 rings (SSSR count). The van der Waals surface area contributed by atoms with E-state index < -0.39 is 0 Å². The van der Waals surface area contributed by atoms with Crippen LogP contribution in [0.15, 0.2) is 48.0 Å². The van der Waals surface area contributed by atoms with E-state index in [0.29, 0.717) is 23.5 Å². The van der Waals surface area contributed by atoms with Gasteiger partial charge in [-0.25, -0.2) is 0 Å². The van der Waals surface area contributed by atoms with Gasteiger partial charge in [0.05, 0.1) is 14.2 Å². The van der Waals surface area contributed by atoms with Crippen LogP contribution in [0.2, 0.25) is 0 Å². The summed E-state index contributed by atoms with van der Waals surface area (Å²) in [6.45, 7) is 2.23. The number of allylic oxidation sites excluding steroid dienone is 1. The van der Waals surface area contributed by atoms with Gasteiger partial charge in [0.2, 0.25) is 0 Å². The van der Waals surface area contributed by atoms with Crippen molar-refractivity contribution in [2.45, 2.75) is 44.9 Å². The van der Waals surface area contributed by atoms with E-state index in [1.807, 2.05) is 24.3 Å². The molecule has 0 N–H and O–H groups in total. The second-order valence-corrected chi connectivity index (χ2v) is 9.41. The van der Waals surface area contributed by atoms with Gasteiger partial charge >= 0.3 is 0 Å². The van der Waals surface area contributed by atoms with E-state index in [-0.39, 0.29) is 5.41 Å². The van der Waals surface area contributed by atoms with E-state index in [1.54, 1.807) is 14.2 Å². The van der Waals surface area contributed by atoms with Crippen molar-refractivity contribution in [3.8, 4) is 11.5 Å². The summed E-state index contributed by atoms with van der Waals surface area (Å²) < 4.78 is 10.7. The van der Waals surface area contributed by atoms with Crippen molar-refractivity contribution < 1.29 is 14.3 Å². The van der Waals surface area contributed by atoms with Gasteiger partial charge in [-0.15, -0.1) is 0 Å². The first-order valence-electron chi connectivity index (χ1n) is 11.1. The summed E-state index contributed by atoms with van der Waals surface area (Å²) in [6.07, 6.45) is 7.39. The standard InChI is InChI=1S/C27H30O3/c1-27-13-12-23-22-11-9-21(30-3)15-18(22)6-10-24(23)25(27)16-19(26(27)28)14-17-4-7-20(29-2)8-5-17/h4-5,7-9,11,14-15,23-25H,6,10,12-13,16H2,1-3H3/b19-14+/t23-,24-,25-,27-/m0/s1. The van der Waals surface area contributed by atoms with Crippen LogP contribution < -0.4 is 9.47 Å². The average molecular weight is 403 g/mol. The minimum absolute atomic E-state index is 0.205. The van der Waals surface area contributed by atoms with Crippen LogP contribution in [0.3, 0.4) is 0 Å². The van der Waals surface area contributed by atoms with E-state index in [0.717, 1.165) is 48.3 Å². The second kappa shape index (κ2) is 7.30. The van der Waals surface area contributed by atoms with Gasteiger partial charge in [0.1, 0.15) is 11.5 Å². The van der Waals surface area contributed by atoms with Crippen LogP contribution in [-0.2, 0) is 11.2 Å². The van der Waals surface area contributed by atoms with Gasteiger partial charge in [0.25, 0.3) is 0 Å². The molecule has 3 nitrogen and oxygen atoms in total. The Morgan fingerprint density at radius 3 is 2.47 bits per heavy atom. The number of hydrogen-bond acceptors (Lipinski definition) is 3. The van der Waals surface area contributed by atoms with Crippen molar-refractivity contribution in [3.05, 3.63) is 64.7 Å². The highest BCUT2D eigenvalue weighted by Crippen LogP contribution is 2.60. The minimum Gasteiger partial charge on any atom is -0.497 e. The Morgan fingerprint density at radius 2 is 1.73 bits per heavy atom. The molecule has 0 unspecified atom stereocenters. The smallest absolute Gasteiger partial charge is 0.165 e. The molecule has 0 bridgehead atoms. The highest BCUT2D eigenvalue weighted by molar-refractivity contribution is 6.06. The molecule has 30 heavy (non-hydrogen) atoms. The Kier molecular flexibility index (Phi) is 4.72. The summed E-state index contributed by atoms with van der Waals surface area (Å²) in [5, 5.41) is 0. The van der Waals surface area contributed by atoms with Gasteiger partial charge in [0.15, 0.2) is 5.78 Å². The summed E-state index contributed by atoms with van der Waals surface area (Å²) in [5.74, 6) is 3.79. The molecule has 4 atom stereocenters. The van der Waals surface area contributed by atoms with Crippen LogP contribution in [0.5, 0.6) is 11.5 Å². The van der Waals surface area contributed by atoms with Gasteiger partial charge in [0, 0.05) is 5.41 Å². The third kappa shape index (κ3) is 2.98. The number of benzene rings is 2. The molecule has 0 saturated heterocycles. The van der Waals surface area contributed by atoms with Gasteiger partial charge < -0.3 is 9.47 Å². The molecule has 156 valence electrons. The van der Waals surface area contributed by atoms with Crippen LogP contribution in [0.1, 0.15) is 55.2 Å². The zero-order valence-corrected chi connectivity index (χ0v) is 18.1. The quantitative estimate of drug-likeness (QED) is 0.607. The Hall–Kier alpha value is -2.55. The fourth-order valence-electron chi connectivity index (χ4n) is 6.39. The monoisotopic (exact) mass is 402 g/mol. The summed E-state index contributed by atoms with van der Waals surface area (Å²) in [7, 11) is 3.41. The molecule has 2 fully saturated rings. The Morgan fingerprint density at radius 1 is 1.00 bits per heavy atom. The number of aryl methyl sites for hydroxylation is 1. The number of rotatable bonds is 3. The molecule has 3 aliphatic rings. The maximum absolute atomic E-state index is 13.5. The third-order valence-corrected chi connectivity index (χ3v) is 8.03. The van der Waals surface area contributed by atoms with E-state index in [4.69, 9.17) is 9.47 Å². The normalized spacial score (nSPS) is 31.1. The highest BCUT2D eigenvalue weighted by Gasteiger charge is 2.56. The SMILES string of the molecule is COc1ccc(/C=C2\C[C@H]3[C@H]4CCc5cc(OC)ccc5[C@@H]4CC[C@]3(C)C2=O)cc1. The van der Waals surface area contributed by atoms with Crippen LogP contribution >= 0.6 is 0 Å². The molecule has 0 spiro atoms. The predicted molar refractivity (Wildman–Crippen MR) is 119 cm³/mol. The largest absolute Gasteiger partial charge is 0.497 e. The molecule has 3 aliphatic carbocycles. The van der Waals surface area contributed by atoms with Crippen molar-refractivity contribution in [2.75, 3.05) is 14.2 Å². The number of methoxy groups -OCH3 is 2. The molecule has 0 aliphatic heterocycles. The van der Waals surface area contributed by atoms with E-state index in [2.05, 4.69) is 31.2 Å². The second-order valence-electron chi connectivity index (χ2n) is 9.41. The Balaban J connectivity index is 1.45. The van der Waals surface area contributed by atoms with Crippen molar-refractivity contribution >= 4 is 11.9 Å². The topological polar surface area (TPSA) is 35.5 Å². The Labute approximate surface area is 179 Å². The van der Waals surface area contributed by atoms with Crippen LogP contribution in [0.25, 0.3) is 6.08 Å². The minimum atomic E-state index is -0.205. The highest BCUT2D eigenvalue weighted by atomic mass is 16.5. The number of Topliss-reactive ketones (excluding diaryl/α,β-unsaturated/α-hetero) is 1. The number of carbonyl (C=O) groups excluding carboxylic acids is 1. The molecule has 2 aromatic rings. The molecule has 0 radical (unpaired) electrons. The van der Waals surface area contributed by atoms with Gasteiger partial charge in [-0.2, -0.15) is 0 Å². The van der Waals surface area contributed by atoms with Crippen molar-refractivity contribution in [1.29, 1.82) is 0 Å². The average Bonchev–Trinajstić information content (AvgIpc) is 3.04. The van der Waals surface area contributed by atoms with Crippen molar-refractivity contribution in [2.24, 2.45) is 17.3 Å². The van der Waals surface area contributed by atoms with Crippen LogP contribution in [0, 0.1) is 17.3 Å². The maximum Gasteiger partial charge on any atom is 0.165 e. The molecule has 0 aromatic heterocycles. The first-order valence-corrected chi connectivity index (χ1v) is 11.1. The van der Waals surface area contributed by atoms with Crippen molar-refractivity contribution in [3.63, 3.8) is 0 Å². The van der Waals surface area contributed by atoms with Crippen molar-refractivity contribution in [1.82, 2.24) is 0 Å². The summed E-state index contributed by atoms with van der Waals surface area (Å²) >= 11 is 0. The van der Waals surface area contributed by atoms with Crippen LogP contribution in [-0.4, -0.2) is 20.0 Å².